The first-order chi connectivity index (χ1) is 7.92. The number of benzene rings is 1. The minimum absolute atomic E-state index is 0.538. The summed E-state index contributed by atoms with van der Waals surface area (Å²) in [6, 6.07) is 8.39. The van der Waals surface area contributed by atoms with Crippen LogP contribution in [0.15, 0.2) is 36.4 Å². The van der Waals surface area contributed by atoms with E-state index in [9.17, 15) is 0 Å². The lowest BCUT2D eigenvalue weighted by Crippen LogP contribution is -2.00. The van der Waals surface area contributed by atoms with E-state index in [1.807, 2.05) is 6.07 Å². The quantitative estimate of drug-likeness (QED) is 0.670. The van der Waals surface area contributed by atoms with Crippen molar-refractivity contribution in [3.05, 3.63) is 42.0 Å². The zero-order chi connectivity index (χ0) is 11.2. The summed E-state index contributed by atoms with van der Waals surface area (Å²) in [4.78, 5) is 0. The number of rotatable bonds is 2. The number of allylic oxidation sites excluding steroid dienone is 2. The van der Waals surface area contributed by atoms with Gasteiger partial charge in [0.2, 0.25) is 0 Å². The highest BCUT2D eigenvalue weighted by atomic mass is 16.5. The van der Waals surface area contributed by atoms with E-state index in [0.29, 0.717) is 5.92 Å². The Labute approximate surface area is 98.1 Å². The van der Waals surface area contributed by atoms with Gasteiger partial charge in [-0.05, 0) is 25.3 Å². The van der Waals surface area contributed by atoms with Crippen molar-refractivity contribution in [1.29, 1.82) is 0 Å². The van der Waals surface area contributed by atoms with Gasteiger partial charge in [0.05, 0.1) is 7.11 Å². The van der Waals surface area contributed by atoms with Crippen LogP contribution in [0.3, 0.4) is 0 Å². The van der Waals surface area contributed by atoms with Gasteiger partial charge in [0.25, 0.3) is 0 Å². The third kappa shape index (κ3) is 2.66. The molecular weight excluding hydrogens is 196 g/mol. The van der Waals surface area contributed by atoms with Gasteiger partial charge in [-0.1, -0.05) is 43.2 Å². The summed E-state index contributed by atoms with van der Waals surface area (Å²) >= 11 is 0. The van der Waals surface area contributed by atoms with Crippen LogP contribution >= 0.6 is 0 Å². The molecule has 1 unspecified atom stereocenters. The molecule has 1 nitrogen and oxygen atoms in total. The van der Waals surface area contributed by atoms with E-state index in [2.05, 4.69) is 30.4 Å². The molecule has 0 heterocycles. The Kier molecular flexibility index (Phi) is 4.03. The molecule has 0 aliphatic heterocycles. The first-order valence-electron chi connectivity index (χ1n) is 6.21. The predicted molar refractivity (Wildman–Crippen MR) is 68.0 cm³/mol. The predicted octanol–water partition coefficient (Wildman–Crippen LogP) is 4.30. The molecule has 0 aromatic heterocycles. The minimum Gasteiger partial charge on any atom is -0.496 e. The Hall–Kier alpha value is -1.24. The molecule has 0 saturated heterocycles. The molecule has 1 aliphatic carbocycles. The average molecular weight is 216 g/mol. The lowest BCUT2D eigenvalue weighted by molar-refractivity contribution is 0.406. The van der Waals surface area contributed by atoms with Crippen LogP contribution in [0, 0.1) is 0 Å². The molecule has 0 amide bonds. The van der Waals surface area contributed by atoms with Crippen molar-refractivity contribution in [2.75, 3.05) is 7.11 Å². The second-order valence-corrected chi connectivity index (χ2v) is 4.41. The minimum atomic E-state index is 0.538. The first-order valence-corrected chi connectivity index (χ1v) is 6.21. The fraction of sp³-hybridized carbons (Fsp3) is 0.467. The molecule has 2 rings (SSSR count). The van der Waals surface area contributed by atoms with Crippen molar-refractivity contribution in [2.45, 2.75) is 38.0 Å². The Morgan fingerprint density at radius 2 is 2.00 bits per heavy atom. The fourth-order valence-electron chi connectivity index (χ4n) is 2.39. The second-order valence-electron chi connectivity index (χ2n) is 4.41. The molecule has 0 spiro atoms. The molecule has 16 heavy (non-hydrogen) atoms. The Morgan fingerprint density at radius 3 is 2.88 bits per heavy atom. The van der Waals surface area contributed by atoms with E-state index in [4.69, 9.17) is 4.74 Å². The molecule has 1 atom stereocenters. The molecule has 1 aromatic rings. The summed E-state index contributed by atoms with van der Waals surface area (Å²) in [5.74, 6) is 1.56. The van der Waals surface area contributed by atoms with Crippen LogP contribution in [-0.2, 0) is 0 Å². The number of ether oxygens (including phenoxy) is 1. The van der Waals surface area contributed by atoms with Crippen molar-refractivity contribution in [2.24, 2.45) is 0 Å². The number of hydrogen-bond acceptors (Lipinski definition) is 1. The normalized spacial score (nSPS) is 21.2. The summed E-state index contributed by atoms with van der Waals surface area (Å²) < 4.78 is 5.44. The van der Waals surface area contributed by atoms with Crippen molar-refractivity contribution in [3.8, 4) is 5.75 Å². The maximum absolute atomic E-state index is 5.44. The van der Waals surface area contributed by atoms with Crippen LogP contribution in [0.4, 0.5) is 0 Å². The maximum atomic E-state index is 5.44. The first kappa shape index (κ1) is 11.3. The van der Waals surface area contributed by atoms with Gasteiger partial charge in [0, 0.05) is 11.5 Å². The Balaban J connectivity index is 2.23. The van der Waals surface area contributed by atoms with Gasteiger partial charge in [-0.2, -0.15) is 0 Å². The van der Waals surface area contributed by atoms with Crippen LogP contribution in [0.2, 0.25) is 0 Å². The molecule has 1 aromatic carbocycles. The highest BCUT2D eigenvalue weighted by Gasteiger charge is 2.13. The van der Waals surface area contributed by atoms with Gasteiger partial charge in [-0.25, -0.2) is 0 Å². The maximum Gasteiger partial charge on any atom is 0.122 e. The SMILES string of the molecule is COc1ccccc1C1C=CCCCCC1. The smallest absolute Gasteiger partial charge is 0.122 e. The van der Waals surface area contributed by atoms with Gasteiger partial charge in [-0.3, -0.25) is 0 Å². The van der Waals surface area contributed by atoms with Crippen molar-refractivity contribution < 1.29 is 4.74 Å². The lowest BCUT2D eigenvalue weighted by atomic mass is 9.90. The zero-order valence-corrected chi connectivity index (χ0v) is 9.99. The molecule has 0 radical (unpaired) electrons. The van der Waals surface area contributed by atoms with Crippen LogP contribution in [0.5, 0.6) is 5.75 Å². The molecule has 1 heteroatoms. The van der Waals surface area contributed by atoms with Gasteiger partial charge < -0.3 is 4.74 Å². The monoisotopic (exact) mass is 216 g/mol. The summed E-state index contributed by atoms with van der Waals surface area (Å²) in [7, 11) is 1.76. The molecule has 0 saturated carbocycles. The summed E-state index contributed by atoms with van der Waals surface area (Å²) in [6.45, 7) is 0. The molecule has 0 bridgehead atoms. The van der Waals surface area contributed by atoms with E-state index < -0.39 is 0 Å². The van der Waals surface area contributed by atoms with Crippen LogP contribution < -0.4 is 4.74 Å². The third-order valence-corrected chi connectivity index (χ3v) is 3.29. The van der Waals surface area contributed by atoms with Crippen LogP contribution in [0.1, 0.15) is 43.6 Å². The second kappa shape index (κ2) is 5.74. The summed E-state index contributed by atoms with van der Waals surface area (Å²) in [6.07, 6.45) is 11.2. The van der Waals surface area contributed by atoms with Crippen molar-refractivity contribution >= 4 is 0 Å². The molecule has 1 aliphatic rings. The van der Waals surface area contributed by atoms with Crippen molar-refractivity contribution in [1.82, 2.24) is 0 Å². The van der Waals surface area contributed by atoms with Crippen LogP contribution in [-0.4, -0.2) is 7.11 Å². The topological polar surface area (TPSA) is 9.23 Å². The molecule has 0 N–H and O–H groups in total. The van der Waals surface area contributed by atoms with Gasteiger partial charge >= 0.3 is 0 Å². The van der Waals surface area contributed by atoms with E-state index in [1.165, 1.54) is 37.7 Å². The summed E-state index contributed by atoms with van der Waals surface area (Å²) in [5.41, 5.74) is 1.34. The van der Waals surface area contributed by atoms with Crippen molar-refractivity contribution in [3.63, 3.8) is 0 Å². The molecule has 86 valence electrons. The number of methoxy groups -OCH3 is 1. The standard InChI is InChI=1S/C15H20O/c1-16-15-12-8-7-11-14(15)13-9-5-3-2-4-6-10-13/h5,7-9,11-13H,2-4,6,10H2,1H3. The van der Waals surface area contributed by atoms with Crippen LogP contribution in [0.25, 0.3) is 0 Å². The van der Waals surface area contributed by atoms with Gasteiger partial charge in [-0.15, -0.1) is 0 Å². The van der Waals surface area contributed by atoms with Gasteiger partial charge in [0.1, 0.15) is 5.75 Å². The highest BCUT2D eigenvalue weighted by Crippen LogP contribution is 2.32. The molecule has 0 fully saturated rings. The van der Waals surface area contributed by atoms with E-state index >= 15 is 0 Å². The Morgan fingerprint density at radius 1 is 1.12 bits per heavy atom. The third-order valence-electron chi connectivity index (χ3n) is 3.29. The lowest BCUT2D eigenvalue weighted by Gasteiger charge is -2.18. The Bertz CT molecular complexity index is 354. The number of hydrogen-bond donors (Lipinski definition) is 0. The van der Waals surface area contributed by atoms with E-state index in [0.717, 1.165) is 5.75 Å². The largest absolute Gasteiger partial charge is 0.496 e. The van der Waals surface area contributed by atoms with E-state index in [-0.39, 0.29) is 0 Å². The average Bonchev–Trinajstić information content (AvgIpc) is 2.29. The zero-order valence-electron chi connectivity index (χ0n) is 9.99. The van der Waals surface area contributed by atoms with Gasteiger partial charge in [0.15, 0.2) is 0 Å². The summed E-state index contributed by atoms with van der Waals surface area (Å²) in [5, 5.41) is 0. The number of para-hydroxylation sites is 1. The van der Waals surface area contributed by atoms with E-state index in [1.54, 1.807) is 7.11 Å². The molecular formula is C15H20O. The fourth-order valence-corrected chi connectivity index (χ4v) is 2.39. The highest BCUT2D eigenvalue weighted by molar-refractivity contribution is 5.38.